The molecule has 0 amide bonds. The molecule has 0 N–H and O–H groups in total. The fourth-order valence-corrected chi connectivity index (χ4v) is 3.71. The number of hydrogen-bond acceptors (Lipinski definition) is 3. The van der Waals surface area contributed by atoms with Crippen LogP contribution in [0.15, 0.2) is 115 Å². The lowest BCUT2D eigenvalue weighted by molar-refractivity contribution is -0.148. The molecule has 0 aromatic heterocycles. The maximum Gasteiger partial charge on any atom is 0.319 e. The number of ketones is 1. The highest BCUT2D eigenvalue weighted by Gasteiger charge is 2.31. The van der Waals surface area contributed by atoms with Gasteiger partial charge in [-0.05, 0) is 18.1 Å². The van der Waals surface area contributed by atoms with Crippen molar-refractivity contribution in [2.45, 2.75) is 18.9 Å². The Hall–Kier alpha value is -3.98. The largest absolute Gasteiger partial charge is 0.448 e. The molecule has 0 heterocycles. The molecule has 0 saturated heterocycles. The van der Waals surface area contributed by atoms with E-state index in [0.29, 0.717) is 11.1 Å². The van der Waals surface area contributed by atoms with E-state index in [0.717, 1.165) is 16.7 Å². The Morgan fingerprint density at radius 2 is 1.03 bits per heavy atom. The number of benzene rings is 4. The predicted molar refractivity (Wildman–Crippen MR) is 126 cm³/mol. The van der Waals surface area contributed by atoms with E-state index in [2.05, 4.69) is 0 Å². The lowest BCUT2D eigenvalue weighted by atomic mass is 9.91. The van der Waals surface area contributed by atoms with Crippen molar-refractivity contribution in [2.24, 2.45) is 0 Å². The number of hydrogen-bond donors (Lipinski definition) is 0. The van der Waals surface area contributed by atoms with Gasteiger partial charge in [-0.3, -0.25) is 9.59 Å². The first-order valence-electron chi connectivity index (χ1n) is 10.6. The van der Waals surface area contributed by atoms with E-state index in [9.17, 15) is 9.59 Å². The molecule has 0 bridgehead atoms. The van der Waals surface area contributed by atoms with Gasteiger partial charge in [-0.25, -0.2) is 0 Å². The summed E-state index contributed by atoms with van der Waals surface area (Å²) in [7, 11) is 0. The fraction of sp³-hybridized carbons (Fsp3) is 0.103. The van der Waals surface area contributed by atoms with Gasteiger partial charge < -0.3 is 4.74 Å². The Morgan fingerprint density at radius 1 is 0.594 bits per heavy atom. The molecule has 0 aliphatic rings. The summed E-state index contributed by atoms with van der Waals surface area (Å²) in [5.41, 5.74) is 3.85. The van der Waals surface area contributed by atoms with Gasteiger partial charge in [0.15, 0.2) is 6.10 Å². The molecule has 0 fully saturated rings. The van der Waals surface area contributed by atoms with Crippen molar-refractivity contribution in [3.05, 3.63) is 143 Å². The summed E-state index contributed by atoms with van der Waals surface area (Å²) in [5.74, 6) is -1.34. The SMILES string of the molecule is Cc1ccc(C(=O)[C@@H](OC(=O)C(c2ccccc2)c2ccccc2)c2ccccc2)cc1. The number of aryl methyl sites for hydroxylation is 1. The maximum atomic E-state index is 13.5. The minimum absolute atomic E-state index is 0.246. The van der Waals surface area contributed by atoms with Crippen LogP contribution in [0.5, 0.6) is 0 Å². The molecule has 32 heavy (non-hydrogen) atoms. The highest BCUT2D eigenvalue weighted by Crippen LogP contribution is 2.30. The van der Waals surface area contributed by atoms with Crippen molar-refractivity contribution in [3.63, 3.8) is 0 Å². The summed E-state index contributed by atoms with van der Waals surface area (Å²) < 4.78 is 5.97. The number of carbonyl (C=O) groups is 2. The van der Waals surface area contributed by atoms with Crippen LogP contribution in [0.25, 0.3) is 0 Å². The van der Waals surface area contributed by atoms with Gasteiger partial charge in [-0.1, -0.05) is 121 Å². The zero-order valence-corrected chi connectivity index (χ0v) is 17.8. The van der Waals surface area contributed by atoms with Crippen molar-refractivity contribution < 1.29 is 14.3 Å². The molecule has 3 nitrogen and oxygen atoms in total. The molecular formula is C29H24O3. The lowest BCUT2D eigenvalue weighted by Crippen LogP contribution is -2.24. The van der Waals surface area contributed by atoms with Crippen molar-refractivity contribution in [3.8, 4) is 0 Å². The summed E-state index contributed by atoms with van der Waals surface area (Å²) in [6.45, 7) is 1.97. The highest BCUT2D eigenvalue weighted by atomic mass is 16.5. The van der Waals surface area contributed by atoms with Gasteiger partial charge >= 0.3 is 5.97 Å². The van der Waals surface area contributed by atoms with Crippen LogP contribution in [0, 0.1) is 6.92 Å². The van der Waals surface area contributed by atoms with Gasteiger partial charge in [-0.2, -0.15) is 0 Å². The van der Waals surface area contributed by atoms with E-state index >= 15 is 0 Å². The Balaban J connectivity index is 1.71. The van der Waals surface area contributed by atoms with Crippen LogP contribution in [0.2, 0.25) is 0 Å². The van der Waals surface area contributed by atoms with Crippen molar-refractivity contribution in [2.75, 3.05) is 0 Å². The Kier molecular flexibility index (Phi) is 6.57. The van der Waals surface area contributed by atoms with E-state index < -0.39 is 18.0 Å². The van der Waals surface area contributed by atoms with Gasteiger partial charge in [-0.15, -0.1) is 0 Å². The van der Waals surface area contributed by atoms with Crippen LogP contribution < -0.4 is 0 Å². The molecule has 4 aromatic rings. The molecule has 158 valence electrons. The van der Waals surface area contributed by atoms with Crippen LogP contribution in [0.4, 0.5) is 0 Å². The summed E-state index contributed by atoms with van der Waals surface area (Å²) in [6, 6.07) is 35.5. The van der Waals surface area contributed by atoms with Crippen molar-refractivity contribution >= 4 is 11.8 Å². The summed E-state index contributed by atoms with van der Waals surface area (Å²) in [6.07, 6.45) is -1.03. The van der Waals surface area contributed by atoms with Gasteiger partial charge in [0.25, 0.3) is 0 Å². The van der Waals surface area contributed by atoms with Gasteiger partial charge in [0.05, 0.1) is 0 Å². The molecule has 0 spiro atoms. The van der Waals surface area contributed by atoms with Gasteiger partial charge in [0, 0.05) is 11.1 Å². The third-order valence-electron chi connectivity index (χ3n) is 5.41. The zero-order valence-electron chi connectivity index (χ0n) is 17.8. The number of rotatable bonds is 7. The molecule has 0 aliphatic heterocycles. The van der Waals surface area contributed by atoms with Crippen molar-refractivity contribution in [1.29, 1.82) is 0 Å². The third-order valence-corrected chi connectivity index (χ3v) is 5.41. The number of ether oxygens (including phenoxy) is 1. The minimum atomic E-state index is -1.03. The first-order chi connectivity index (χ1) is 15.6. The second kappa shape index (κ2) is 9.88. The molecule has 0 saturated carbocycles. The average molecular weight is 421 g/mol. The van der Waals surface area contributed by atoms with Crippen LogP contribution in [-0.4, -0.2) is 11.8 Å². The third kappa shape index (κ3) is 4.84. The standard InChI is InChI=1S/C29H24O3/c1-21-17-19-24(20-18-21)27(30)28(25-15-9-4-10-16-25)32-29(31)26(22-11-5-2-6-12-22)23-13-7-3-8-14-23/h2-20,26,28H,1H3/t28-/m0/s1. The van der Waals surface area contributed by atoms with Gasteiger partial charge in [0.1, 0.15) is 5.92 Å². The molecule has 4 aromatic carbocycles. The van der Waals surface area contributed by atoms with E-state index in [1.807, 2.05) is 110 Å². The monoisotopic (exact) mass is 420 g/mol. The van der Waals surface area contributed by atoms with Crippen LogP contribution in [0.3, 0.4) is 0 Å². The molecule has 0 radical (unpaired) electrons. The summed E-state index contributed by atoms with van der Waals surface area (Å²) in [5, 5.41) is 0. The van der Waals surface area contributed by atoms with Crippen molar-refractivity contribution in [1.82, 2.24) is 0 Å². The van der Waals surface area contributed by atoms with Crippen LogP contribution >= 0.6 is 0 Å². The normalized spacial score (nSPS) is 11.7. The second-order valence-electron chi connectivity index (χ2n) is 7.71. The maximum absolute atomic E-state index is 13.5. The summed E-state index contributed by atoms with van der Waals surface area (Å²) >= 11 is 0. The minimum Gasteiger partial charge on any atom is -0.448 e. The smallest absolute Gasteiger partial charge is 0.319 e. The predicted octanol–water partition coefficient (Wildman–Crippen LogP) is 6.29. The Morgan fingerprint density at radius 3 is 1.50 bits per heavy atom. The van der Waals surface area contributed by atoms with E-state index in [1.165, 1.54) is 0 Å². The molecule has 3 heteroatoms. The quantitative estimate of drug-likeness (QED) is 0.260. The molecule has 0 unspecified atom stereocenters. The topological polar surface area (TPSA) is 43.4 Å². The van der Waals surface area contributed by atoms with Crippen LogP contribution in [-0.2, 0) is 9.53 Å². The first-order valence-corrected chi connectivity index (χ1v) is 10.6. The molecular weight excluding hydrogens is 396 g/mol. The second-order valence-corrected chi connectivity index (χ2v) is 7.71. The summed E-state index contributed by atoms with van der Waals surface area (Å²) in [4.78, 5) is 27.0. The Labute approximate surface area is 188 Å². The number of Topliss-reactive ketones (excluding diaryl/α,β-unsaturated/α-hetero) is 1. The van der Waals surface area contributed by atoms with Gasteiger partial charge in [0.2, 0.25) is 5.78 Å². The van der Waals surface area contributed by atoms with E-state index in [-0.39, 0.29) is 5.78 Å². The Bertz CT molecular complexity index is 1130. The first kappa shape index (κ1) is 21.3. The fourth-order valence-electron chi connectivity index (χ4n) is 3.71. The van der Waals surface area contributed by atoms with E-state index in [1.54, 1.807) is 12.1 Å². The average Bonchev–Trinajstić information content (AvgIpc) is 2.85. The number of esters is 1. The van der Waals surface area contributed by atoms with E-state index in [4.69, 9.17) is 4.74 Å². The molecule has 4 rings (SSSR count). The lowest BCUT2D eigenvalue weighted by Gasteiger charge is -2.22. The highest BCUT2D eigenvalue weighted by molar-refractivity contribution is 6.01. The zero-order chi connectivity index (χ0) is 22.3. The number of carbonyl (C=O) groups excluding carboxylic acids is 2. The molecule has 0 aliphatic carbocycles. The van der Waals surface area contributed by atoms with Crippen LogP contribution in [0.1, 0.15) is 44.6 Å². The molecule has 1 atom stereocenters.